The van der Waals surface area contributed by atoms with Crippen molar-refractivity contribution in [2.45, 2.75) is 18.4 Å². The number of nitrogens with zero attached hydrogens (tertiary/aromatic N) is 1. The fraction of sp³-hybridized carbons (Fsp3) is 0.300. The number of rotatable bonds is 2. The zero-order valence-electron chi connectivity index (χ0n) is 14.2. The van der Waals surface area contributed by atoms with Crippen molar-refractivity contribution in [3.63, 3.8) is 0 Å². The van der Waals surface area contributed by atoms with E-state index in [0.29, 0.717) is 35.4 Å². The number of carbonyl (C=O) groups excluding carboxylic acids is 2. The molecule has 1 heterocycles. The van der Waals surface area contributed by atoms with Crippen LogP contribution in [0.1, 0.15) is 27.9 Å². The van der Waals surface area contributed by atoms with Crippen molar-refractivity contribution >= 4 is 17.4 Å². The van der Waals surface area contributed by atoms with Crippen molar-refractivity contribution in [1.29, 1.82) is 0 Å². The van der Waals surface area contributed by atoms with Crippen LogP contribution in [0.3, 0.4) is 0 Å². The quantitative estimate of drug-likeness (QED) is 0.913. The van der Waals surface area contributed by atoms with E-state index < -0.39 is 17.4 Å². The third kappa shape index (κ3) is 2.05. The van der Waals surface area contributed by atoms with E-state index in [1.165, 1.54) is 4.90 Å². The van der Waals surface area contributed by atoms with Gasteiger partial charge in [0, 0.05) is 18.2 Å². The number of aliphatic hydroxyl groups is 1. The number of Topliss-reactive ketones (excluding diaryl/α,β-unsaturated/α-hetero) is 1. The first-order chi connectivity index (χ1) is 12.0. The normalized spacial score (nSPS) is 24.9. The molecule has 5 heteroatoms. The number of methoxy groups -OCH3 is 1. The molecular weight excluding hydrogens is 318 g/mol. The zero-order valence-corrected chi connectivity index (χ0v) is 14.2. The van der Waals surface area contributed by atoms with E-state index in [2.05, 4.69) is 0 Å². The molecule has 0 unspecified atom stereocenters. The van der Waals surface area contributed by atoms with Crippen LogP contribution < -0.4 is 9.64 Å². The summed E-state index contributed by atoms with van der Waals surface area (Å²) in [4.78, 5) is 27.5. The Bertz CT molecular complexity index is 891. The number of ketones is 1. The third-order valence-corrected chi connectivity index (χ3v) is 5.41. The monoisotopic (exact) mass is 337 g/mol. The van der Waals surface area contributed by atoms with Crippen molar-refractivity contribution in [3.05, 3.63) is 59.2 Å². The van der Waals surface area contributed by atoms with E-state index in [1.807, 2.05) is 18.2 Å². The maximum absolute atomic E-state index is 13.2. The lowest BCUT2D eigenvalue weighted by atomic mass is 9.71. The zero-order chi connectivity index (χ0) is 17.8. The average Bonchev–Trinajstić information content (AvgIpc) is 2.84. The average molecular weight is 337 g/mol. The van der Waals surface area contributed by atoms with Gasteiger partial charge in [-0.25, -0.2) is 0 Å². The summed E-state index contributed by atoms with van der Waals surface area (Å²) in [5.41, 5.74) is 0.802. The second-order valence-electron chi connectivity index (χ2n) is 6.63. The number of anilines is 1. The molecule has 2 aliphatic rings. The number of ether oxygens (including phenoxy) is 1. The van der Waals surface area contributed by atoms with Gasteiger partial charge in [-0.3, -0.25) is 9.59 Å². The Hall–Kier alpha value is -2.66. The molecule has 1 N–H and O–H groups in total. The molecule has 1 amide bonds. The van der Waals surface area contributed by atoms with Gasteiger partial charge < -0.3 is 14.7 Å². The van der Waals surface area contributed by atoms with E-state index in [1.54, 1.807) is 38.4 Å². The van der Waals surface area contributed by atoms with Crippen LogP contribution in [-0.2, 0) is 16.8 Å². The number of carbonyl (C=O) groups is 2. The van der Waals surface area contributed by atoms with Crippen molar-refractivity contribution in [2.75, 3.05) is 19.1 Å². The van der Waals surface area contributed by atoms with Crippen LogP contribution in [0.5, 0.6) is 5.75 Å². The van der Waals surface area contributed by atoms with Crippen molar-refractivity contribution in [2.24, 2.45) is 5.92 Å². The Morgan fingerprint density at radius 1 is 1.20 bits per heavy atom. The maximum atomic E-state index is 13.2. The van der Waals surface area contributed by atoms with E-state index in [4.69, 9.17) is 4.74 Å². The molecule has 0 fully saturated rings. The first kappa shape index (κ1) is 15.8. The van der Waals surface area contributed by atoms with Gasteiger partial charge in [-0.1, -0.05) is 24.3 Å². The predicted octanol–water partition coefficient (Wildman–Crippen LogP) is 2.30. The van der Waals surface area contributed by atoms with Crippen LogP contribution in [0.2, 0.25) is 0 Å². The topological polar surface area (TPSA) is 66.8 Å². The highest BCUT2D eigenvalue weighted by Gasteiger charge is 2.56. The van der Waals surface area contributed by atoms with E-state index in [-0.39, 0.29) is 5.78 Å². The Kier molecular flexibility index (Phi) is 3.44. The Morgan fingerprint density at radius 3 is 2.72 bits per heavy atom. The third-order valence-electron chi connectivity index (χ3n) is 5.41. The molecule has 0 saturated carbocycles. The molecule has 25 heavy (non-hydrogen) atoms. The molecule has 0 radical (unpaired) electrons. The summed E-state index contributed by atoms with van der Waals surface area (Å²) in [6, 6.07) is 12.5. The van der Waals surface area contributed by atoms with Gasteiger partial charge in [-0.05, 0) is 36.6 Å². The number of amides is 1. The van der Waals surface area contributed by atoms with Crippen LogP contribution >= 0.6 is 0 Å². The molecular formula is C20H19NO4. The summed E-state index contributed by atoms with van der Waals surface area (Å²) in [5.74, 6) is -0.861. The first-order valence-corrected chi connectivity index (χ1v) is 8.29. The van der Waals surface area contributed by atoms with Gasteiger partial charge in [0.25, 0.3) is 5.91 Å². The summed E-state index contributed by atoms with van der Waals surface area (Å²) in [7, 11) is 3.18. The van der Waals surface area contributed by atoms with Gasteiger partial charge >= 0.3 is 0 Å². The van der Waals surface area contributed by atoms with Crippen LogP contribution in [0, 0.1) is 5.92 Å². The molecule has 5 nitrogen and oxygen atoms in total. The Balaban J connectivity index is 1.82. The van der Waals surface area contributed by atoms with Crippen LogP contribution in [-0.4, -0.2) is 31.0 Å². The highest BCUT2D eigenvalue weighted by Crippen LogP contribution is 2.47. The Morgan fingerprint density at radius 2 is 1.96 bits per heavy atom. The fourth-order valence-electron chi connectivity index (χ4n) is 4.05. The number of likely N-dealkylation sites (N-methyl/N-ethyl adjacent to an activating group) is 1. The van der Waals surface area contributed by atoms with E-state index >= 15 is 0 Å². The molecule has 0 saturated heterocycles. The van der Waals surface area contributed by atoms with Gasteiger partial charge in [0.05, 0.1) is 18.7 Å². The van der Waals surface area contributed by atoms with Gasteiger partial charge in [0.1, 0.15) is 5.75 Å². The number of hydrogen-bond acceptors (Lipinski definition) is 4. The van der Waals surface area contributed by atoms with E-state index in [0.717, 1.165) is 5.56 Å². The molecule has 0 aromatic heterocycles. The molecule has 0 bridgehead atoms. The van der Waals surface area contributed by atoms with Crippen LogP contribution in [0.15, 0.2) is 42.5 Å². The maximum Gasteiger partial charge on any atom is 0.264 e. The number of fused-ring (bicyclic) bond motifs is 2. The Labute approximate surface area is 145 Å². The van der Waals surface area contributed by atoms with Gasteiger partial charge in [0.15, 0.2) is 11.4 Å². The van der Waals surface area contributed by atoms with Crippen LogP contribution in [0.25, 0.3) is 0 Å². The molecule has 1 aliphatic carbocycles. The summed E-state index contributed by atoms with van der Waals surface area (Å²) in [6.45, 7) is 0. The van der Waals surface area contributed by atoms with Gasteiger partial charge in [-0.15, -0.1) is 0 Å². The highest BCUT2D eigenvalue weighted by atomic mass is 16.5. The summed E-state index contributed by atoms with van der Waals surface area (Å²) in [5, 5.41) is 11.4. The number of para-hydroxylation sites is 1. The van der Waals surface area contributed by atoms with E-state index in [9.17, 15) is 14.7 Å². The highest BCUT2D eigenvalue weighted by molar-refractivity contribution is 6.12. The smallest absolute Gasteiger partial charge is 0.264 e. The minimum Gasteiger partial charge on any atom is -0.497 e. The molecule has 1 aliphatic heterocycles. The summed E-state index contributed by atoms with van der Waals surface area (Å²) >= 11 is 0. The fourth-order valence-corrected chi connectivity index (χ4v) is 4.05. The lowest BCUT2D eigenvalue weighted by Gasteiger charge is -2.34. The van der Waals surface area contributed by atoms with Gasteiger partial charge in [-0.2, -0.15) is 0 Å². The largest absolute Gasteiger partial charge is 0.497 e. The molecule has 0 spiro atoms. The van der Waals surface area contributed by atoms with Crippen molar-refractivity contribution in [3.8, 4) is 5.75 Å². The minimum atomic E-state index is -1.82. The number of hydrogen-bond donors (Lipinski definition) is 1. The SMILES string of the molecule is COc1ccc2c(c1)C(=O)[C@@H]([C@]1(O)C(=O)N(C)c3ccccc31)CC2. The summed E-state index contributed by atoms with van der Waals surface area (Å²) in [6.07, 6.45) is 1.07. The molecule has 2 aromatic rings. The van der Waals surface area contributed by atoms with Crippen molar-refractivity contribution < 1.29 is 19.4 Å². The lowest BCUT2D eigenvalue weighted by Crippen LogP contribution is -2.49. The second-order valence-corrected chi connectivity index (χ2v) is 6.63. The number of benzene rings is 2. The van der Waals surface area contributed by atoms with Crippen molar-refractivity contribution in [1.82, 2.24) is 0 Å². The second kappa shape index (κ2) is 5.43. The predicted molar refractivity (Wildman–Crippen MR) is 92.9 cm³/mol. The van der Waals surface area contributed by atoms with Gasteiger partial charge in [0.2, 0.25) is 0 Å². The van der Waals surface area contributed by atoms with Crippen LogP contribution in [0.4, 0.5) is 5.69 Å². The standard InChI is InChI=1S/C20H19NO4/c1-21-17-6-4-3-5-15(17)20(24,19(21)23)16-10-8-12-7-9-13(25-2)11-14(12)18(16)22/h3-7,9,11,16,24H,8,10H2,1-2H3/t16-,20-/m0/s1. The number of aryl methyl sites for hydroxylation is 1. The molecule has 2 atom stereocenters. The lowest BCUT2D eigenvalue weighted by molar-refractivity contribution is -0.140. The summed E-state index contributed by atoms with van der Waals surface area (Å²) < 4.78 is 5.22. The minimum absolute atomic E-state index is 0.207. The first-order valence-electron chi connectivity index (χ1n) is 8.29. The molecule has 4 rings (SSSR count). The molecule has 2 aromatic carbocycles. The molecule has 128 valence electrons.